The van der Waals surface area contributed by atoms with Crippen molar-refractivity contribution in [3.63, 3.8) is 0 Å². The number of hydrogen-bond donors (Lipinski definition) is 1. The van der Waals surface area contributed by atoms with Gasteiger partial charge in [-0.05, 0) is 24.3 Å². The van der Waals surface area contributed by atoms with Crippen molar-refractivity contribution in [2.24, 2.45) is 4.99 Å². The molecule has 0 aromatic carbocycles. The van der Waals surface area contributed by atoms with Crippen LogP contribution in [0.5, 0.6) is 0 Å². The van der Waals surface area contributed by atoms with E-state index in [4.69, 9.17) is 5.21 Å². The Labute approximate surface area is 108 Å². The first-order valence-electron chi connectivity index (χ1n) is 5.39. The van der Waals surface area contributed by atoms with Gasteiger partial charge in [-0.1, -0.05) is 6.07 Å². The molecule has 0 radical (unpaired) electrons. The SMILES string of the molecule is CN(C(=O)N=c1ccn(O)cc1)c1cccc(F)n1. The van der Waals surface area contributed by atoms with Crippen LogP contribution in [0.4, 0.5) is 15.0 Å². The topological polar surface area (TPSA) is 70.7 Å². The highest BCUT2D eigenvalue weighted by molar-refractivity contribution is 5.91. The van der Waals surface area contributed by atoms with Crippen LogP contribution < -0.4 is 10.3 Å². The van der Waals surface area contributed by atoms with Crippen molar-refractivity contribution < 1.29 is 14.4 Å². The third-order valence-electron chi connectivity index (χ3n) is 2.35. The molecule has 0 bridgehead atoms. The molecule has 2 rings (SSSR count). The molecule has 0 spiro atoms. The molecular weight excluding hydrogens is 251 g/mol. The number of carbonyl (C=O) groups excluding carboxylic acids is 1. The van der Waals surface area contributed by atoms with Gasteiger partial charge < -0.3 is 5.21 Å². The molecular formula is C12H11FN4O2. The zero-order valence-corrected chi connectivity index (χ0v) is 10.1. The van der Waals surface area contributed by atoms with Gasteiger partial charge in [0.15, 0.2) is 0 Å². The van der Waals surface area contributed by atoms with Gasteiger partial charge in [-0.15, -0.1) is 0 Å². The van der Waals surface area contributed by atoms with Gasteiger partial charge in [-0.3, -0.25) is 4.90 Å². The fraction of sp³-hybridized carbons (Fsp3) is 0.0833. The molecule has 19 heavy (non-hydrogen) atoms. The number of aromatic nitrogens is 2. The Bertz CT molecular complexity index is 648. The van der Waals surface area contributed by atoms with Crippen molar-refractivity contribution in [3.05, 3.63) is 54.0 Å². The molecule has 2 heterocycles. The second kappa shape index (κ2) is 5.30. The van der Waals surface area contributed by atoms with Crippen molar-refractivity contribution in [2.45, 2.75) is 0 Å². The molecule has 2 amide bonds. The molecule has 0 aliphatic heterocycles. The fourth-order valence-electron chi connectivity index (χ4n) is 1.35. The number of pyridine rings is 2. The fourth-order valence-corrected chi connectivity index (χ4v) is 1.35. The normalized spacial score (nSPS) is 10.0. The molecule has 98 valence electrons. The second-order valence-corrected chi connectivity index (χ2v) is 3.71. The molecule has 2 aromatic heterocycles. The lowest BCUT2D eigenvalue weighted by Gasteiger charge is -2.12. The van der Waals surface area contributed by atoms with E-state index in [1.165, 1.54) is 49.8 Å². The highest BCUT2D eigenvalue weighted by Crippen LogP contribution is 2.09. The Balaban J connectivity index is 2.25. The monoisotopic (exact) mass is 262 g/mol. The number of rotatable bonds is 1. The van der Waals surface area contributed by atoms with Crippen molar-refractivity contribution in [2.75, 3.05) is 11.9 Å². The van der Waals surface area contributed by atoms with E-state index in [1.807, 2.05) is 0 Å². The first kappa shape index (κ1) is 12.7. The third kappa shape index (κ3) is 3.15. The predicted octanol–water partition coefficient (Wildman–Crippen LogP) is 1.42. The first-order valence-corrected chi connectivity index (χ1v) is 5.39. The maximum atomic E-state index is 13.0. The molecule has 0 aliphatic rings. The minimum atomic E-state index is -0.668. The second-order valence-electron chi connectivity index (χ2n) is 3.71. The van der Waals surface area contributed by atoms with Crippen LogP contribution in [-0.2, 0) is 0 Å². The number of amides is 2. The minimum Gasteiger partial charge on any atom is -0.429 e. The van der Waals surface area contributed by atoms with Crippen molar-refractivity contribution in [3.8, 4) is 0 Å². The summed E-state index contributed by atoms with van der Waals surface area (Å²) in [6.07, 6.45) is 2.68. The molecule has 7 heteroatoms. The smallest absolute Gasteiger partial charge is 0.349 e. The number of nitrogens with zero attached hydrogens (tertiary/aromatic N) is 4. The first-order chi connectivity index (χ1) is 9.06. The average molecular weight is 262 g/mol. The molecule has 1 N–H and O–H groups in total. The number of urea groups is 1. The van der Waals surface area contributed by atoms with Gasteiger partial charge in [0.1, 0.15) is 5.82 Å². The lowest BCUT2D eigenvalue weighted by atomic mass is 10.4. The Morgan fingerprint density at radius 3 is 2.68 bits per heavy atom. The zero-order valence-electron chi connectivity index (χ0n) is 10.1. The molecule has 0 saturated carbocycles. The molecule has 0 saturated heterocycles. The summed E-state index contributed by atoms with van der Waals surface area (Å²) in [7, 11) is 1.45. The van der Waals surface area contributed by atoms with Gasteiger partial charge in [0.25, 0.3) is 0 Å². The zero-order chi connectivity index (χ0) is 13.8. The van der Waals surface area contributed by atoms with E-state index in [0.717, 1.165) is 9.63 Å². The summed E-state index contributed by atoms with van der Waals surface area (Å²) in [4.78, 5) is 20.4. The van der Waals surface area contributed by atoms with Crippen LogP contribution >= 0.6 is 0 Å². The van der Waals surface area contributed by atoms with Crippen molar-refractivity contribution in [1.29, 1.82) is 0 Å². The molecule has 0 fully saturated rings. The Morgan fingerprint density at radius 2 is 2.05 bits per heavy atom. The van der Waals surface area contributed by atoms with Crippen LogP contribution in [0.2, 0.25) is 0 Å². The summed E-state index contributed by atoms with van der Waals surface area (Å²) >= 11 is 0. The summed E-state index contributed by atoms with van der Waals surface area (Å²) in [5, 5.41) is 9.41. The van der Waals surface area contributed by atoms with Crippen LogP contribution in [0.1, 0.15) is 0 Å². The molecule has 0 atom stereocenters. The molecule has 2 aromatic rings. The summed E-state index contributed by atoms with van der Waals surface area (Å²) in [5.41, 5.74) is 0. The number of carbonyl (C=O) groups is 1. The van der Waals surface area contributed by atoms with E-state index in [9.17, 15) is 9.18 Å². The predicted molar refractivity (Wildman–Crippen MR) is 65.2 cm³/mol. The Hall–Kier alpha value is -2.70. The number of halogens is 1. The Kier molecular flexibility index (Phi) is 3.56. The highest BCUT2D eigenvalue weighted by atomic mass is 19.1. The van der Waals surface area contributed by atoms with Crippen LogP contribution in [0, 0.1) is 5.95 Å². The van der Waals surface area contributed by atoms with Crippen molar-refractivity contribution >= 4 is 11.8 Å². The highest BCUT2D eigenvalue weighted by Gasteiger charge is 2.10. The summed E-state index contributed by atoms with van der Waals surface area (Å²) in [5.74, 6) is -0.500. The van der Waals surface area contributed by atoms with Gasteiger partial charge in [0.2, 0.25) is 5.95 Å². The number of anilines is 1. The van der Waals surface area contributed by atoms with E-state index in [2.05, 4.69) is 9.98 Å². The summed E-state index contributed by atoms with van der Waals surface area (Å²) in [6.45, 7) is 0. The van der Waals surface area contributed by atoms with E-state index in [1.54, 1.807) is 0 Å². The standard InChI is InChI=1S/C12H11FN4O2/c1-16(11-4-2-3-10(13)15-11)12(18)14-9-5-7-17(19)8-6-9/h2-8,19H,1H3. The van der Waals surface area contributed by atoms with Crippen LogP contribution in [0.25, 0.3) is 0 Å². The minimum absolute atomic E-state index is 0.168. The maximum Gasteiger partial charge on any atom is 0.349 e. The third-order valence-corrected chi connectivity index (χ3v) is 2.35. The van der Waals surface area contributed by atoms with Crippen molar-refractivity contribution in [1.82, 2.24) is 9.71 Å². The van der Waals surface area contributed by atoms with Gasteiger partial charge in [0.05, 0.1) is 5.36 Å². The Morgan fingerprint density at radius 1 is 1.37 bits per heavy atom. The summed E-state index contributed by atoms with van der Waals surface area (Å²) < 4.78 is 13.8. The lowest BCUT2D eigenvalue weighted by molar-refractivity contribution is 0.184. The summed E-state index contributed by atoms with van der Waals surface area (Å²) in [6, 6.07) is 6.49. The molecule has 0 aliphatic carbocycles. The van der Waals surface area contributed by atoms with Gasteiger partial charge >= 0.3 is 6.03 Å². The van der Waals surface area contributed by atoms with Crippen LogP contribution in [0.15, 0.2) is 47.7 Å². The average Bonchev–Trinajstić information content (AvgIpc) is 2.40. The maximum absolute atomic E-state index is 13.0. The molecule has 6 nitrogen and oxygen atoms in total. The van der Waals surface area contributed by atoms with Gasteiger partial charge in [0, 0.05) is 19.4 Å². The molecule has 0 unspecified atom stereocenters. The van der Waals surface area contributed by atoms with Gasteiger partial charge in [-0.2, -0.15) is 9.38 Å². The van der Waals surface area contributed by atoms with Crippen LogP contribution in [0.3, 0.4) is 0 Å². The lowest BCUT2D eigenvalue weighted by Crippen LogP contribution is -2.26. The number of hydrogen-bond acceptors (Lipinski definition) is 3. The largest absolute Gasteiger partial charge is 0.429 e. The van der Waals surface area contributed by atoms with Crippen LogP contribution in [-0.4, -0.2) is 28.0 Å². The van der Waals surface area contributed by atoms with E-state index in [-0.39, 0.29) is 5.82 Å². The van der Waals surface area contributed by atoms with E-state index >= 15 is 0 Å². The van der Waals surface area contributed by atoms with E-state index < -0.39 is 12.0 Å². The van der Waals surface area contributed by atoms with Gasteiger partial charge in [-0.25, -0.2) is 14.5 Å². The van der Waals surface area contributed by atoms with E-state index in [0.29, 0.717) is 5.36 Å². The quantitative estimate of drug-likeness (QED) is 0.624.